The first-order valence-electron chi connectivity index (χ1n) is 7.56. The van der Waals surface area contributed by atoms with Crippen LogP contribution >= 0.6 is 0 Å². The maximum Gasteiger partial charge on any atom is 0.274 e. The molecular weight excluding hydrogens is 274 g/mol. The average molecular weight is 294 g/mol. The van der Waals surface area contributed by atoms with E-state index in [9.17, 15) is 4.79 Å². The van der Waals surface area contributed by atoms with Crippen LogP contribution < -0.4 is 9.88 Å². The minimum atomic E-state index is 0.0838. The van der Waals surface area contributed by atoms with Crippen LogP contribution in [0, 0.1) is 0 Å². The molecule has 1 fully saturated rings. The molecule has 2 aromatic rings. The highest BCUT2D eigenvalue weighted by atomic mass is 16.2. The lowest BCUT2D eigenvalue weighted by Gasteiger charge is -2.30. The number of nitrogens with zero attached hydrogens (tertiary/aromatic N) is 2. The molecule has 3 rings (SSSR count). The fraction of sp³-hybridized carbons (Fsp3) is 0.222. The predicted octanol–water partition coefficient (Wildman–Crippen LogP) is 1.86. The highest BCUT2D eigenvalue weighted by molar-refractivity contribution is 5.91. The van der Waals surface area contributed by atoms with Gasteiger partial charge in [-0.25, -0.2) is 4.98 Å². The van der Waals surface area contributed by atoms with Crippen molar-refractivity contribution >= 4 is 17.8 Å². The van der Waals surface area contributed by atoms with Crippen LogP contribution in [0.5, 0.6) is 0 Å². The molecule has 1 N–H and O–H groups in total. The van der Waals surface area contributed by atoms with Crippen LogP contribution in [-0.2, 0) is 4.79 Å². The SMILES string of the molecule is O=C(C=Cc1ccccc1)N1CCN(c2cccc[nH+]2)CC1. The van der Waals surface area contributed by atoms with Crippen LogP contribution in [0.1, 0.15) is 5.56 Å². The number of nitrogens with one attached hydrogen (secondary N) is 1. The molecule has 1 aromatic carbocycles. The van der Waals surface area contributed by atoms with Gasteiger partial charge in [0.05, 0.1) is 19.3 Å². The lowest BCUT2D eigenvalue weighted by molar-refractivity contribution is -0.364. The number of hydrogen-bond donors (Lipinski definition) is 0. The number of anilines is 1. The van der Waals surface area contributed by atoms with Gasteiger partial charge in [-0.2, -0.15) is 0 Å². The standard InChI is InChI=1S/C18H19N3O/c22-18(10-9-16-6-2-1-3-7-16)21-14-12-20(13-15-21)17-8-4-5-11-19-17/h1-11H,12-15H2/p+1. The van der Waals surface area contributed by atoms with Crippen LogP contribution in [-0.4, -0.2) is 37.0 Å². The Bertz CT molecular complexity index is 632. The number of hydrogen-bond acceptors (Lipinski definition) is 2. The third-order valence-corrected chi connectivity index (χ3v) is 3.84. The quantitative estimate of drug-likeness (QED) is 0.810. The molecular formula is C18H20N3O+. The van der Waals surface area contributed by atoms with Crippen LogP contribution in [0.4, 0.5) is 5.82 Å². The van der Waals surface area contributed by atoms with Crippen molar-refractivity contribution in [1.82, 2.24) is 4.90 Å². The second-order valence-corrected chi connectivity index (χ2v) is 5.30. The number of benzene rings is 1. The Morgan fingerprint density at radius 1 is 0.955 bits per heavy atom. The minimum absolute atomic E-state index is 0.0838. The largest absolute Gasteiger partial charge is 0.331 e. The van der Waals surface area contributed by atoms with E-state index in [4.69, 9.17) is 0 Å². The van der Waals surface area contributed by atoms with E-state index < -0.39 is 0 Å². The van der Waals surface area contributed by atoms with Gasteiger partial charge < -0.3 is 4.90 Å². The maximum absolute atomic E-state index is 12.2. The summed E-state index contributed by atoms with van der Waals surface area (Å²) in [6.45, 7) is 3.21. The van der Waals surface area contributed by atoms with Crippen molar-refractivity contribution in [3.63, 3.8) is 0 Å². The van der Waals surface area contributed by atoms with Crippen molar-refractivity contribution < 1.29 is 9.78 Å². The van der Waals surface area contributed by atoms with Gasteiger partial charge in [-0.1, -0.05) is 36.4 Å². The number of rotatable bonds is 3. The Labute approximate surface area is 130 Å². The van der Waals surface area contributed by atoms with Crippen LogP contribution in [0.15, 0.2) is 60.8 Å². The molecule has 0 saturated carbocycles. The second kappa shape index (κ2) is 6.89. The zero-order valence-corrected chi connectivity index (χ0v) is 12.5. The molecule has 2 heterocycles. The predicted molar refractivity (Wildman–Crippen MR) is 87.3 cm³/mol. The molecule has 0 unspecified atom stereocenters. The molecule has 0 aliphatic carbocycles. The summed E-state index contributed by atoms with van der Waals surface area (Å²) in [6, 6.07) is 16.0. The van der Waals surface area contributed by atoms with E-state index >= 15 is 0 Å². The van der Waals surface area contributed by atoms with Crippen molar-refractivity contribution in [3.8, 4) is 0 Å². The molecule has 1 aliphatic rings. The first-order chi connectivity index (χ1) is 10.8. The van der Waals surface area contributed by atoms with E-state index in [1.807, 2.05) is 59.6 Å². The molecule has 1 saturated heterocycles. The normalized spacial score (nSPS) is 15.3. The molecule has 0 bridgehead atoms. The maximum atomic E-state index is 12.2. The van der Waals surface area contributed by atoms with Crippen molar-refractivity contribution in [2.75, 3.05) is 31.1 Å². The van der Waals surface area contributed by atoms with Crippen molar-refractivity contribution in [3.05, 3.63) is 66.4 Å². The smallest absolute Gasteiger partial charge is 0.274 e. The summed E-state index contributed by atoms with van der Waals surface area (Å²) in [5.41, 5.74) is 1.05. The van der Waals surface area contributed by atoms with E-state index in [-0.39, 0.29) is 5.91 Å². The lowest BCUT2D eigenvalue weighted by Crippen LogP contribution is -2.49. The van der Waals surface area contributed by atoms with Gasteiger partial charge in [0.1, 0.15) is 13.1 Å². The Morgan fingerprint density at radius 2 is 1.68 bits per heavy atom. The number of pyridine rings is 1. The van der Waals surface area contributed by atoms with Gasteiger partial charge >= 0.3 is 0 Å². The van der Waals surface area contributed by atoms with Gasteiger partial charge in [0.25, 0.3) is 5.82 Å². The third kappa shape index (κ3) is 3.52. The molecule has 4 heteroatoms. The number of aromatic nitrogens is 1. The highest BCUT2D eigenvalue weighted by Gasteiger charge is 2.24. The molecule has 4 nitrogen and oxygen atoms in total. The molecule has 22 heavy (non-hydrogen) atoms. The number of carbonyl (C=O) groups is 1. The van der Waals surface area contributed by atoms with E-state index in [0.717, 1.165) is 37.6 Å². The number of piperazine rings is 1. The van der Waals surface area contributed by atoms with Gasteiger partial charge in [-0.15, -0.1) is 0 Å². The van der Waals surface area contributed by atoms with E-state index in [1.165, 1.54) is 0 Å². The topological polar surface area (TPSA) is 37.7 Å². The van der Waals surface area contributed by atoms with Crippen molar-refractivity contribution in [2.45, 2.75) is 0 Å². The molecule has 112 valence electrons. The minimum Gasteiger partial charge on any atom is -0.331 e. The van der Waals surface area contributed by atoms with Crippen LogP contribution in [0.2, 0.25) is 0 Å². The van der Waals surface area contributed by atoms with Gasteiger partial charge in [-0.05, 0) is 17.7 Å². The molecule has 1 amide bonds. The number of carbonyl (C=O) groups excluding carboxylic acids is 1. The summed E-state index contributed by atoms with van der Waals surface area (Å²) in [5, 5.41) is 0. The summed E-state index contributed by atoms with van der Waals surface area (Å²) in [7, 11) is 0. The Hall–Kier alpha value is -2.62. The van der Waals surface area contributed by atoms with Crippen LogP contribution in [0.25, 0.3) is 6.08 Å². The van der Waals surface area contributed by atoms with Gasteiger partial charge in [-0.3, -0.25) is 9.69 Å². The molecule has 1 aromatic heterocycles. The summed E-state index contributed by atoms with van der Waals surface area (Å²) < 4.78 is 0. The Morgan fingerprint density at radius 3 is 2.36 bits per heavy atom. The molecule has 1 aliphatic heterocycles. The number of amides is 1. The first-order valence-corrected chi connectivity index (χ1v) is 7.56. The monoisotopic (exact) mass is 294 g/mol. The molecule has 0 atom stereocenters. The van der Waals surface area contributed by atoms with Crippen molar-refractivity contribution in [1.29, 1.82) is 0 Å². The Kier molecular flexibility index (Phi) is 4.49. The van der Waals surface area contributed by atoms with Crippen molar-refractivity contribution in [2.24, 2.45) is 0 Å². The van der Waals surface area contributed by atoms with E-state index in [0.29, 0.717) is 0 Å². The van der Waals surface area contributed by atoms with E-state index in [2.05, 4.69) is 16.0 Å². The van der Waals surface area contributed by atoms with Gasteiger partial charge in [0.2, 0.25) is 5.91 Å². The zero-order chi connectivity index (χ0) is 15.2. The Balaban J connectivity index is 1.55. The summed E-state index contributed by atoms with van der Waals surface area (Å²) in [6.07, 6.45) is 5.47. The highest BCUT2D eigenvalue weighted by Crippen LogP contribution is 2.10. The average Bonchev–Trinajstić information content (AvgIpc) is 2.61. The van der Waals surface area contributed by atoms with Gasteiger partial charge in [0.15, 0.2) is 0 Å². The fourth-order valence-corrected chi connectivity index (χ4v) is 2.59. The summed E-state index contributed by atoms with van der Waals surface area (Å²) in [4.78, 5) is 19.6. The van der Waals surface area contributed by atoms with Gasteiger partial charge in [0, 0.05) is 12.1 Å². The van der Waals surface area contributed by atoms with Crippen LogP contribution in [0.3, 0.4) is 0 Å². The molecule has 0 spiro atoms. The fourth-order valence-electron chi connectivity index (χ4n) is 2.59. The lowest BCUT2D eigenvalue weighted by atomic mass is 10.2. The summed E-state index contributed by atoms with van der Waals surface area (Å²) >= 11 is 0. The summed E-state index contributed by atoms with van der Waals surface area (Å²) in [5.74, 6) is 1.19. The zero-order valence-electron chi connectivity index (χ0n) is 12.5. The number of H-pyrrole nitrogens is 1. The number of aromatic amines is 1. The first kappa shape index (κ1) is 14.3. The van der Waals surface area contributed by atoms with E-state index in [1.54, 1.807) is 6.08 Å². The molecule has 0 radical (unpaired) electrons. The second-order valence-electron chi connectivity index (χ2n) is 5.30. The third-order valence-electron chi connectivity index (χ3n) is 3.84.